The monoisotopic (exact) mass is 279 g/mol. The van der Waals surface area contributed by atoms with Crippen LogP contribution in [0.5, 0.6) is 0 Å². The summed E-state index contributed by atoms with van der Waals surface area (Å²) in [6.45, 7) is 10.2. The Balaban J connectivity index is 1.90. The second-order valence-electron chi connectivity index (χ2n) is 6.27. The van der Waals surface area contributed by atoms with Crippen molar-refractivity contribution < 1.29 is 0 Å². The molecule has 1 atom stereocenters. The Labute approximate surface area is 123 Å². The van der Waals surface area contributed by atoms with Gasteiger partial charge in [0, 0.05) is 6.54 Å². The van der Waals surface area contributed by atoms with E-state index in [-0.39, 0.29) is 5.38 Å². The maximum Gasteiger partial charge on any atom is 0.0712 e. The van der Waals surface area contributed by atoms with Gasteiger partial charge in [-0.25, -0.2) is 0 Å². The normalized spacial score (nSPS) is 19.8. The van der Waals surface area contributed by atoms with Gasteiger partial charge in [-0.3, -0.25) is 0 Å². The molecule has 1 unspecified atom stereocenters. The van der Waals surface area contributed by atoms with Gasteiger partial charge in [-0.1, -0.05) is 45.0 Å². The quantitative estimate of drug-likeness (QED) is 0.714. The second-order valence-corrected chi connectivity index (χ2v) is 6.80. The molecule has 1 heterocycles. The van der Waals surface area contributed by atoms with Crippen LogP contribution in [0.3, 0.4) is 0 Å². The predicted molar refractivity (Wildman–Crippen MR) is 84.0 cm³/mol. The number of halogens is 1. The van der Waals surface area contributed by atoms with E-state index < -0.39 is 0 Å². The Morgan fingerprint density at radius 1 is 1.11 bits per heavy atom. The highest BCUT2D eigenvalue weighted by molar-refractivity contribution is 6.21. The molecule has 0 N–H and O–H groups in total. The lowest BCUT2D eigenvalue weighted by molar-refractivity contribution is 0.192. The number of benzene rings is 1. The van der Waals surface area contributed by atoms with Crippen molar-refractivity contribution in [1.82, 2.24) is 4.90 Å². The van der Waals surface area contributed by atoms with Crippen LogP contribution in [0.25, 0.3) is 0 Å². The molecule has 2 heteroatoms. The number of alkyl halides is 1. The van der Waals surface area contributed by atoms with E-state index >= 15 is 0 Å². The molecule has 1 fully saturated rings. The Bertz CT molecular complexity index is 377. The molecule has 1 nitrogen and oxygen atoms in total. The molecular formula is C17H26ClN. The van der Waals surface area contributed by atoms with Crippen LogP contribution in [-0.2, 0) is 0 Å². The summed E-state index contributed by atoms with van der Waals surface area (Å²) in [5, 5.41) is 0.120. The van der Waals surface area contributed by atoms with E-state index in [0.717, 1.165) is 12.5 Å². The summed E-state index contributed by atoms with van der Waals surface area (Å²) in [4.78, 5) is 2.51. The van der Waals surface area contributed by atoms with Gasteiger partial charge >= 0.3 is 0 Å². The highest BCUT2D eigenvalue weighted by Gasteiger charge is 2.19. The van der Waals surface area contributed by atoms with Gasteiger partial charge in [0.2, 0.25) is 0 Å². The molecule has 1 saturated heterocycles. The van der Waals surface area contributed by atoms with Crippen molar-refractivity contribution in [2.24, 2.45) is 5.92 Å². The van der Waals surface area contributed by atoms with Gasteiger partial charge < -0.3 is 4.90 Å². The summed E-state index contributed by atoms with van der Waals surface area (Å²) in [6, 6.07) is 8.82. The van der Waals surface area contributed by atoms with E-state index in [9.17, 15) is 0 Å². The van der Waals surface area contributed by atoms with Gasteiger partial charge in [0.25, 0.3) is 0 Å². The Morgan fingerprint density at radius 3 is 2.16 bits per heavy atom. The predicted octanol–water partition coefficient (Wildman–Crippen LogP) is 4.82. The minimum absolute atomic E-state index is 0.120. The van der Waals surface area contributed by atoms with E-state index in [1.807, 2.05) is 0 Å². The first-order valence-electron chi connectivity index (χ1n) is 7.52. The molecule has 0 saturated carbocycles. The van der Waals surface area contributed by atoms with Gasteiger partial charge in [-0.15, -0.1) is 11.6 Å². The largest absolute Gasteiger partial charge is 0.302 e. The van der Waals surface area contributed by atoms with Gasteiger partial charge in [-0.2, -0.15) is 0 Å². The molecule has 1 aliphatic heterocycles. The Kier molecular flexibility index (Phi) is 5.29. The summed E-state index contributed by atoms with van der Waals surface area (Å²) in [6.07, 6.45) is 2.63. The van der Waals surface area contributed by atoms with E-state index in [2.05, 4.69) is 49.9 Å². The SMILES string of the molecule is CC1CCN(CC(Cl)c2ccc(C(C)C)cc2)CC1. The standard InChI is InChI=1S/C17H26ClN/c1-13(2)15-4-6-16(7-5-15)17(18)12-19-10-8-14(3)9-11-19/h4-7,13-14,17H,8-12H2,1-3H3. The molecule has 106 valence electrons. The maximum absolute atomic E-state index is 6.57. The molecule has 1 aromatic carbocycles. The number of likely N-dealkylation sites (tertiary alicyclic amines) is 1. The summed E-state index contributed by atoms with van der Waals surface area (Å²) in [5.74, 6) is 1.47. The fourth-order valence-electron chi connectivity index (χ4n) is 2.67. The van der Waals surface area contributed by atoms with Crippen molar-refractivity contribution in [3.05, 3.63) is 35.4 Å². The number of piperidine rings is 1. The van der Waals surface area contributed by atoms with Crippen LogP contribution in [0.4, 0.5) is 0 Å². The van der Waals surface area contributed by atoms with E-state index in [0.29, 0.717) is 5.92 Å². The van der Waals surface area contributed by atoms with Crippen molar-refractivity contribution >= 4 is 11.6 Å². The van der Waals surface area contributed by atoms with Crippen molar-refractivity contribution in [1.29, 1.82) is 0 Å². The molecule has 0 bridgehead atoms. The van der Waals surface area contributed by atoms with Crippen LogP contribution >= 0.6 is 11.6 Å². The zero-order valence-corrected chi connectivity index (χ0v) is 13.2. The third kappa shape index (κ3) is 4.22. The number of hydrogen-bond acceptors (Lipinski definition) is 1. The van der Waals surface area contributed by atoms with Crippen LogP contribution in [0.1, 0.15) is 56.0 Å². The summed E-state index contributed by atoms with van der Waals surface area (Å²) >= 11 is 6.57. The molecular weight excluding hydrogens is 254 g/mol. The van der Waals surface area contributed by atoms with Crippen molar-refractivity contribution in [2.45, 2.75) is 44.9 Å². The smallest absolute Gasteiger partial charge is 0.0712 e. The van der Waals surface area contributed by atoms with E-state index in [4.69, 9.17) is 11.6 Å². The van der Waals surface area contributed by atoms with Crippen LogP contribution in [0, 0.1) is 5.92 Å². The number of rotatable bonds is 4. The lowest BCUT2D eigenvalue weighted by atomic mass is 9.98. The fraction of sp³-hybridized carbons (Fsp3) is 0.647. The molecule has 0 radical (unpaired) electrons. The maximum atomic E-state index is 6.57. The van der Waals surface area contributed by atoms with Crippen molar-refractivity contribution in [3.63, 3.8) is 0 Å². The van der Waals surface area contributed by atoms with Crippen molar-refractivity contribution in [3.8, 4) is 0 Å². The average Bonchev–Trinajstić information content (AvgIpc) is 2.41. The first-order chi connectivity index (χ1) is 9.06. The van der Waals surface area contributed by atoms with Gasteiger partial charge in [0.05, 0.1) is 5.38 Å². The molecule has 1 aliphatic rings. The Hall–Kier alpha value is -0.530. The molecule has 0 aromatic heterocycles. The summed E-state index contributed by atoms with van der Waals surface area (Å²) in [7, 11) is 0. The molecule has 0 spiro atoms. The molecule has 0 aliphatic carbocycles. The van der Waals surface area contributed by atoms with Gasteiger partial charge in [0.15, 0.2) is 0 Å². The Morgan fingerprint density at radius 2 is 1.63 bits per heavy atom. The molecule has 19 heavy (non-hydrogen) atoms. The molecule has 1 aromatic rings. The zero-order chi connectivity index (χ0) is 13.8. The highest BCUT2D eigenvalue weighted by Crippen LogP contribution is 2.26. The summed E-state index contributed by atoms with van der Waals surface area (Å²) < 4.78 is 0. The van der Waals surface area contributed by atoms with Gasteiger partial charge in [0.1, 0.15) is 0 Å². The molecule has 2 rings (SSSR count). The fourth-order valence-corrected chi connectivity index (χ4v) is 3.01. The number of nitrogens with zero attached hydrogens (tertiary/aromatic N) is 1. The van der Waals surface area contributed by atoms with Crippen LogP contribution < -0.4 is 0 Å². The third-order valence-corrected chi connectivity index (χ3v) is 4.65. The first-order valence-corrected chi connectivity index (χ1v) is 7.96. The minimum atomic E-state index is 0.120. The first kappa shape index (κ1) is 14.9. The van der Waals surface area contributed by atoms with Crippen LogP contribution in [0.15, 0.2) is 24.3 Å². The van der Waals surface area contributed by atoms with Crippen molar-refractivity contribution in [2.75, 3.05) is 19.6 Å². The van der Waals surface area contributed by atoms with Crippen LogP contribution in [0.2, 0.25) is 0 Å². The molecule has 0 amide bonds. The van der Waals surface area contributed by atoms with E-state index in [1.165, 1.54) is 37.1 Å². The summed E-state index contributed by atoms with van der Waals surface area (Å²) in [5.41, 5.74) is 2.64. The zero-order valence-electron chi connectivity index (χ0n) is 12.4. The van der Waals surface area contributed by atoms with Gasteiger partial charge in [-0.05, 0) is 48.9 Å². The minimum Gasteiger partial charge on any atom is -0.302 e. The average molecular weight is 280 g/mol. The van der Waals surface area contributed by atoms with Crippen LogP contribution in [-0.4, -0.2) is 24.5 Å². The number of hydrogen-bond donors (Lipinski definition) is 0. The van der Waals surface area contributed by atoms with E-state index in [1.54, 1.807) is 0 Å². The topological polar surface area (TPSA) is 3.24 Å². The lowest BCUT2D eigenvalue weighted by Crippen LogP contribution is -2.35. The lowest BCUT2D eigenvalue weighted by Gasteiger charge is -2.31. The highest BCUT2D eigenvalue weighted by atomic mass is 35.5. The second kappa shape index (κ2) is 6.76. The third-order valence-electron chi connectivity index (χ3n) is 4.26.